The molecule has 0 amide bonds. The Morgan fingerprint density at radius 3 is 2.76 bits per heavy atom. The Kier molecular flexibility index (Phi) is 5.03. The summed E-state index contributed by atoms with van der Waals surface area (Å²) >= 11 is 5.34. The van der Waals surface area contributed by atoms with E-state index in [2.05, 4.69) is 39.2 Å². The Balaban J connectivity index is 2.03. The topological polar surface area (TPSA) is 29.3 Å². The first-order valence-corrected chi connectivity index (χ1v) is 8.10. The molecule has 0 spiro atoms. The molecular formula is C13H21BrN2S. The van der Waals surface area contributed by atoms with E-state index >= 15 is 0 Å². The normalized spacial score (nSPS) is 18.4. The highest BCUT2D eigenvalue weighted by Gasteiger charge is 2.25. The van der Waals surface area contributed by atoms with Gasteiger partial charge in [0.1, 0.15) is 0 Å². The van der Waals surface area contributed by atoms with Gasteiger partial charge in [0.05, 0.1) is 6.04 Å². The number of thiophene rings is 1. The van der Waals surface area contributed by atoms with Gasteiger partial charge in [-0.2, -0.15) is 0 Å². The van der Waals surface area contributed by atoms with Crippen LogP contribution in [-0.2, 0) is 0 Å². The summed E-state index contributed by atoms with van der Waals surface area (Å²) < 4.78 is 1.18. The molecule has 1 heterocycles. The Labute approximate surface area is 116 Å². The Morgan fingerprint density at radius 1 is 1.59 bits per heavy atom. The van der Waals surface area contributed by atoms with Gasteiger partial charge >= 0.3 is 0 Å². The largest absolute Gasteiger partial charge is 0.329 e. The zero-order valence-corrected chi connectivity index (χ0v) is 12.8. The molecule has 2 rings (SSSR count). The lowest BCUT2D eigenvalue weighted by Gasteiger charge is -2.36. The van der Waals surface area contributed by atoms with Gasteiger partial charge in [-0.3, -0.25) is 4.90 Å². The van der Waals surface area contributed by atoms with E-state index in [-0.39, 0.29) is 0 Å². The van der Waals surface area contributed by atoms with Crippen LogP contribution in [0.4, 0.5) is 0 Å². The van der Waals surface area contributed by atoms with Crippen LogP contribution in [0.15, 0.2) is 15.9 Å². The number of hydrogen-bond acceptors (Lipinski definition) is 3. The highest BCUT2D eigenvalue weighted by Crippen LogP contribution is 2.33. The van der Waals surface area contributed by atoms with Gasteiger partial charge in [0.2, 0.25) is 0 Å². The van der Waals surface area contributed by atoms with Gasteiger partial charge in [-0.15, -0.1) is 11.3 Å². The van der Waals surface area contributed by atoms with E-state index in [9.17, 15) is 0 Å². The maximum absolute atomic E-state index is 5.98. The minimum Gasteiger partial charge on any atom is -0.329 e. The van der Waals surface area contributed by atoms with Gasteiger partial charge in [0, 0.05) is 27.8 Å². The van der Waals surface area contributed by atoms with E-state index in [0.717, 1.165) is 12.5 Å². The molecule has 0 bridgehead atoms. The van der Waals surface area contributed by atoms with Crippen molar-refractivity contribution >= 4 is 27.3 Å². The summed E-state index contributed by atoms with van der Waals surface area (Å²) in [6.45, 7) is 5.26. The average Bonchev–Trinajstić information content (AvgIpc) is 2.68. The molecular weight excluding hydrogens is 296 g/mol. The third kappa shape index (κ3) is 3.31. The van der Waals surface area contributed by atoms with E-state index in [1.54, 1.807) is 0 Å². The van der Waals surface area contributed by atoms with Crippen LogP contribution in [0.3, 0.4) is 0 Å². The molecule has 1 aromatic heterocycles. The van der Waals surface area contributed by atoms with Gasteiger partial charge in [-0.05, 0) is 47.3 Å². The molecule has 17 heavy (non-hydrogen) atoms. The first-order valence-electron chi connectivity index (χ1n) is 6.42. The lowest BCUT2D eigenvalue weighted by atomic mass is 9.85. The van der Waals surface area contributed by atoms with Gasteiger partial charge in [-0.1, -0.05) is 13.3 Å². The molecule has 96 valence electrons. The van der Waals surface area contributed by atoms with Crippen LogP contribution in [0.2, 0.25) is 0 Å². The van der Waals surface area contributed by atoms with Crippen molar-refractivity contribution in [3.8, 4) is 0 Å². The smallest absolute Gasteiger partial charge is 0.0564 e. The first kappa shape index (κ1) is 13.5. The molecule has 1 saturated carbocycles. The van der Waals surface area contributed by atoms with Crippen LogP contribution in [0.25, 0.3) is 0 Å². The second-order valence-electron chi connectivity index (χ2n) is 4.80. The zero-order chi connectivity index (χ0) is 12.3. The molecule has 1 aliphatic carbocycles. The van der Waals surface area contributed by atoms with E-state index in [1.807, 2.05) is 11.3 Å². The fraction of sp³-hybridized carbons (Fsp3) is 0.692. The summed E-state index contributed by atoms with van der Waals surface area (Å²) in [5.74, 6) is 0.910. The fourth-order valence-electron chi connectivity index (χ4n) is 2.43. The van der Waals surface area contributed by atoms with E-state index in [4.69, 9.17) is 5.73 Å². The number of likely N-dealkylation sites (N-methyl/N-ethyl adjacent to an activating group) is 1. The number of nitrogens with two attached hydrogens (primary N) is 1. The van der Waals surface area contributed by atoms with Crippen LogP contribution < -0.4 is 5.73 Å². The van der Waals surface area contributed by atoms with E-state index < -0.39 is 0 Å². The van der Waals surface area contributed by atoms with E-state index in [1.165, 1.54) is 35.2 Å². The molecule has 0 aromatic carbocycles. The molecule has 0 saturated heterocycles. The predicted molar refractivity (Wildman–Crippen MR) is 78.4 cm³/mol. The second-order valence-corrected chi connectivity index (χ2v) is 6.66. The van der Waals surface area contributed by atoms with Gasteiger partial charge in [-0.25, -0.2) is 0 Å². The summed E-state index contributed by atoms with van der Waals surface area (Å²) in [6, 6.07) is 2.61. The van der Waals surface area contributed by atoms with E-state index in [0.29, 0.717) is 12.6 Å². The molecule has 1 unspecified atom stereocenters. The van der Waals surface area contributed by atoms with Crippen LogP contribution in [-0.4, -0.2) is 24.5 Å². The molecule has 0 radical (unpaired) electrons. The van der Waals surface area contributed by atoms with Crippen LogP contribution in [0, 0.1) is 5.92 Å². The standard InChI is InChI=1S/C13H21BrN2S/c1-2-16(8-10-4-3-5-10)12(7-15)13-6-11(14)9-17-13/h6,9-10,12H,2-5,7-8,15H2,1H3. The Bertz CT molecular complexity index is 349. The molecule has 1 aromatic rings. The average molecular weight is 317 g/mol. The quantitative estimate of drug-likeness (QED) is 0.868. The molecule has 1 aliphatic rings. The molecule has 0 aliphatic heterocycles. The molecule has 1 atom stereocenters. The maximum atomic E-state index is 5.98. The summed E-state index contributed by atoms with van der Waals surface area (Å²) in [4.78, 5) is 3.93. The van der Waals surface area contributed by atoms with Gasteiger partial charge in [0.15, 0.2) is 0 Å². The van der Waals surface area contributed by atoms with Crippen molar-refractivity contribution in [3.63, 3.8) is 0 Å². The molecule has 2 N–H and O–H groups in total. The summed E-state index contributed by atoms with van der Waals surface area (Å²) in [6.07, 6.45) is 4.23. The van der Waals surface area contributed by atoms with Gasteiger partial charge in [0.25, 0.3) is 0 Å². The van der Waals surface area contributed by atoms with Crippen molar-refractivity contribution in [1.82, 2.24) is 4.90 Å². The van der Waals surface area contributed by atoms with Crippen molar-refractivity contribution in [1.29, 1.82) is 0 Å². The van der Waals surface area contributed by atoms with Crippen molar-refractivity contribution < 1.29 is 0 Å². The second kappa shape index (κ2) is 6.32. The monoisotopic (exact) mass is 316 g/mol. The predicted octanol–water partition coefficient (Wildman–Crippen LogP) is 3.63. The molecule has 2 nitrogen and oxygen atoms in total. The number of halogens is 1. The number of rotatable bonds is 6. The third-order valence-corrected chi connectivity index (χ3v) is 5.50. The van der Waals surface area contributed by atoms with Crippen molar-refractivity contribution in [2.75, 3.05) is 19.6 Å². The Hall–Kier alpha value is 0.1000. The molecule has 1 fully saturated rings. The fourth-order valence-corrected chi connectivity index (χ4v) is 4.02. The summed E-state index contributed by atoms with van der Waals surface area (Å²) in [7, 11) is 0. The summed E-state index contributed by atoms with van der Waals surface area (Å²) in [5, 5.41) is 2.15. The third-order valence-electron chi connectivity index (χ3n) is 3.70. The van der Waals surface area contributed by atoms with Gasteiger partial charge < -0.3 is 5.73 Å². The Morgan fingerprint density at radius 2 is 2.35 bits per heavy atom. The van der Waals surface area contributed by atoms with Crippen LogP contribution in [0.1, 0.15) is 37.1 Å². The molecule has 4 heteroatoms. The highest BCUT2D eigenvalue weighted by molar-refractivity contribution is 9.10. The highest BCUT2D eigenvalue weighted by atomic mass is 79.9. The lowest BCUT2D eigenvalue weighted by Crippen LogP contribution is -2.38. The number of hydrogen-bond donors (Lipinski definition) is 1. The maximum Gasteiger partial charge on any atom is 0.0564 e. The zero-order valence-electron chi connectivity index (χ0n) is 10.4. The van der Waals surface area contributed by atoms with Crippen molar-refractivity contribution in [3.05, 3.63) is 20.8 Å². The van der Waals surface area contributed by atoms with Crippen molar-refractivity contribution in [2.24, 2.45) is 11.7 Å². The lowest BCUT2D eigenvalue weighted by molar-refractivity contribution is 0.143. The van der Waals surface area contributed by atoms with Crippen molar-refractivity contribution in [2.45, 2.75) is 32.2 Å². The summed E-state index contributed by atoms with van der Waals surface area (Å²) in [5.41, 5.74) is 5.98. The minimum absolute atomic E-state index is 0.400. The van der Waals surface area contributed by atoms with Crippen LogP contribution in [0.5, 0.6) is 0 Å². The number of nitrogens with zero attached hydrogens (tertiary/aromatic N) is 1. The SMILES string of the molecule is CCN(CC1CCC1)C(CN)c1cc(Br)cs1. The first-order chi connectivity index (χ1) is 8.24. The van der Waals surface area contributed by atoms with Crippen LogP contribution >= 0.6 is 27.3 Å². The minimum atomic E-state index is 0.400.